The van der Waals surface area contributed by atoms with E-state index in [9.17, 15) is 79.3 Å². The van der Waals surface area contributed by atoms with Crippen LogP contribution in [0.5, 0.6) is 5.75 Å². The molecule has 3 aliphatic heterocycles. The Morgan fingerprint density at radius 1 is 0.716 bits per heavy atom. The predicted octanol–water partition coefficient (Wildman–Crippen LogP) is -2.13. The number of rotatable bonds is 20. The summed E-state index contributed by atoms with van der Waals surface area (Å²) in [6.07, 6.45) is -4.14. The Labute approximate surface area is 431 Å². The largest absolute Gasteiger partial charge is 0.508 e. The van der Waals surface area contributed by atoms with Crippen molar-refractivity contribution in [3.8, 4) is 5.75 Å². The molecule has 1 aromatic carbocycles. The van der Waals surface area contributed by atoms with E-state index in [2.05, 4.69) is 47.4 Å². The molecule has 0 aliphatic carbocycles. The van der Waals surface area contributed by atoms with Crippen LogP contribution in [0.1, 0.15) is 123 Å². The summed E-state index contributed by atoms with van der Waals surface area (Å²) in [5.41, 5.74) is 1.62. The zero-order chi connectivity index (χ0) is 54.8. The number of hydrogen-bond acceptors (Lipinski definition) is 16. The molecule has 24 nitrogen and oxygen atoms in total. The number of amides is 8. The summed E-state index contributed by atoms with van der Waals surface area (Å²) in [4.78, 5) is 113. The van der Waals surface area contributed by atoms with Crippen LogP contribution in [0, 0.1) is 11.8 Å². The van der Waals surface area contributed by atoms with Gasteiger partial charge >= 0.3 is 0 Å². The van der Waals surface area contributed by atoms with Crippen molar-refractivity contribution in [3.05, 3.63) is 29.8 Å². The Kier molecular flexibility index (Phi) is 24.4. The van der Waals surface area contributed by atoms with Crippen LogP contribution in [0.3, 0.4) is 0 Å². The Hall–Kier alpha value is -5.50. The summed E-state index contributed by atoms with van der Waals surface area (Å²) in [5.74, 6) is -7.50. The molecular weight excluding hydrogens is 969 g/mol. The van der Waals surface area contributed by atoms with Gasteiger partial charge in [-0.3, -0.25) is 43.6 Å². The van der Waals surface area contributed by atoms with Gasteiger partial charge in [-0.2, -0.15) is 0 Å². The highest BCUT2D eigenvalue weighted by molar-refractivity contribution is 5.98. The zero-order valence-corrected chi connectivity index (χ0v) is 42.9. The second-order valence-electron chi connectivity index (χ2n) is 20.4. The maximum atomic E-state index is 14.4. The number of aromatic hydroxyl groups is 1. The summed E-state index contributed by atoms with van der Waals surface area (Å²) in [5, 5.41) is 98.0. The van der Waals surface area contributed by atoms with Gasteiger partial charge in [0.15, 0.2) is 0 Å². The quantitative estimate of drug-likeness (QED) is 0.0377. The number of nitrogens with one attached hydrogen (secondary N) is 6. The maximum Gasteiger partial charge on any atom is 0.248 e. The summed E-state index contributed by atoms with van der Waals surface area (Å²) < 4.78 is 0. The second kappa shape index (κ2) is 29.6. The lowest BCUT2D eigenvalue weighted by atomic mass is 9.91. The monoisotopic (exact) mass is 1050 g/mol. The number of fused-ring (bicyclic) bond motifs is 2. The first-order valence-electron chi connectivity index (χ1n) is 25.9. The number of aliphatic hydroxyl groups excluding tert-OH is 6. The van der Waals surface area contributed by atoms with E-state index in [0.717, 1.165) is 61.7 Å². The van der Waals surface area contributed by atoms with Crippen LogP contribution in [-0.4, -0.2) is 191 Å². The van der Waals surface area contributed by atoms with Gasteiger partial charge in [0.2, 0.25) is 47.3 Å². The molecule has 1 aromatic rings. The second-order valence-corrected chi connectivity index (χ2v) is 20.4. The Morgan fingerprint density at radius 2 is 1.34 bits per heavy atom. The standard InChI is InChI=1S/C50H80N8O16/c1-5-27(2)20-28(3)12-10-8-6-7-9-11-13-39(66)52-34-22-32(61)25-51-48(71)44-36(63)18-19-57(44)50(73)43(38(65)24-40(67)56-74)55-47(70)42(37(64)21-30-14-16-31(60)17-15-30)54-46(69)35-23-33(62)26-58(35)49(72)41(29(4)59)53-45(34)68/h14-17,27-29,32-38,41-44,59-65,74H,5-13,18-26H2,1-4H3,(H,51,71)(H,52,66)(H,53,68)(H,54,69)(H,55,70)(H,56,67)/t27?,28?,29-,32-,33-,34+,35+,36+,37-,38-,41+,42+,43+,44+/m1/s1. The molecule has 3 saturated heterocycles. The van der Waals surface area contributed by atoms with Crippen LogP contribution in [0.15, 0.2) is 24.3 Å². The van der Waals surface area contributed by atoms with E-state index >= 15 is 0 Å². The first-order valence-corrected chi connectivity index (χ1v) is 25.9. The van der Waals surface area contributed by atoms with Crippen molar-refractivity contribution in [2.75, 3.05) is 19.6 Å². The number of carbonyl (C=O) groups is 8. The minimum atomic E-state index is -2.17. The van der Waals surface area contributed by atoms with Crippen molar-refractivity contribution in [2.45, 2.75) is 197 Å². The number of phenols is 1. The number of hydrogen-bond donors (Lipinski definition) is 14. The third-order valence-corrected chi connectivity index (χ3v) is 14.2. The Morgan fingerprint density at radius 3 is 1.99 bits per heavy atom. The normalized spacial score (nSPS) is 27.7. The van der Waals surface area contributed by atoms with Gasteiger partial charge in [0, 0.05) is 45.3 Å². The van der Waals surface area contributed by atoms with Gasteiger partial charge in [-0.25, -0.2) is 5.48 Å². The summed E-state index contributed by atoms with van der Waals surface area (Å²) in [6, 6.07) is -5.65. The van der Waals surface area contributed by atoms with Gasteiger partial charge in [0.1, 0.15) is 42.0 Å². The third-order valence-electron chi connectivity index (χ3n) is 14.2. The molecule has 24 heteroatoms. The molecule has 0 bridgehead atoms. The van der Waals surface area contributed by atoms with Crippen LogP contribution in [0.25, 0.3) is 0 Å². The highest BCUT2D eigenvalue weighted by atomic mass is 16.5. The molecule has 0 aromatic heterocycles. The van der Waals surface area contributed by atoms with E-state index < -0.39 is 159 Å². The van der Waals surface area contributed by atoms with E-state index in [1.54, 1.807) is 0 Å². The number of aliphatic hydroxyl groups is 6. The summed E-state index contributed by atoms with van der Waals surface area (Å²) in [7, 11) is 0. The molecule has 4 rings (SSSR count). The van der Waals surface area contributed by atoms with Gasteiger partial charge in [-0.05, 0) is 55.7 Å². The molecule has 0 radical (unpaired) electrons. The molecule has 3 fully saturated rings. The van der Waals surface area contributed by atoms with E-state index in [4.69, 9.17) is 0 Å². The third kappa shape index (κ3) is 18.1. The first-order chi connectivity index (χ1) is 35.0. The topological polar surface area (TPSA) is 377 Å². The number of carbonyl (C=O) groups excluding carboxylic acids is 8. The highest BCUT2D eigenvalue weighted by Gasteiger charge is 2.48. The predicted molar refractivity (Wildman–Crippen MR) is 264 cm³/mol. The first kappa shape index (κ1) is 61.1. The van der Waals surface area contributed by atoms with Crippen LogP contribution in [-0.2, 0) is 44.8 Å². The van der Waals surface area contributed by atoms with Gasteiger partial charge in [-0.1, -0.05) is 77.8 Å². The molecule has 14 N–H and O–H groups in total. The van der Waals surface area contributed by atoms with Gasteiger partial charge in [-0.15, -0.1) is 0 Å². The van der Waals surface area contributed by atoms with Crippen molar-refractivity contribution in [3.63, 3.8) is 0 Å². The molecule has 14 atom stereocenters. The smallest absolute Gasteiger partial charge is 0.248 e. The molecule has 0 saturated carbocycles. The fourth-order valence-corrected chi connectivity index (χ4v) is 9.77. The van der Waals surface area contributed by atoms with E-state index in [1.165, 1.54) is 36.2 Å². The van der Waals surface area contributed by atoms with Crippen LogP contribution in [0.4, 0.5) is 0 Å². The van der Waals surface area contributed by atoms with Crippen LogP contribution in [0.2, 0.25) is 0 Å². The molecule has 416 valence electrons. The zero-order valence-electron chi connectivity index (χ0n) is 42.9. The Bertz CT molecular complexity index is 2050. The number of unbranched alkanes of at least 4 members (excludes halogenated alkanes) is 5. The lowest BCUT2D eigenvalue weighted by Crippen LogP contribution is -2.64. The summed E-state index contributed by atoms with van der Waals surface area (Å²) in [6.45, 7) is 6.40. The average Bonchev–Trinajstić information content (AvgIpc) is 3.95. The number of hydroxylamine groups is 1. The maximum absolute atomic E-state index is 14.4. The minimum absolute atomic E-state index is 0.00441. The Balaban J connectivity index is 1.66. The SMILES string of the molecule is CCC(C)CC(C)CCCCCCCCC(=O)N[C@H]1C[C@@H](O)CNC(=O)[C@@H]2[C@@H](O)CCN2C(=O)[C@H]([C@H](O)CC(=O)NO)NC(=O)[C@H]([C@H](O)Cc2ccc(O)cc2)NC(=O)[C@@H]2C[C@@H](O)CN2C(=O)[C@H]([C@@H](C)O)NC1=O. The molecule has 2 unspecified atom stereocenters. The van der Waals surface area contributed by atoms with E-state index in [0.29, 0.717) is 23.8 Å². The fraction of sp³-hybridized carbons (Fsp3) is 0.720. The molecule has 3 heterocycles. The average molecular weight is 1050 g/mol. The highest BCUT2D eigenvalue weighted by Crippen LogP contribution is 2.25. The van der Waals surface area contributed by atoms with Crippen molar-refractivity contribution in [2.24, 2.45) is 11.8 Å². The molecule has 8 amide bonds. The van der Waals surface area contributed by atoms with Gasteiger partial charge < -0.3 is 72.1 Å². The van der Waals surface area contributed by atoms with E-state index in [-0.39, 0.29) is 25.1 Å². The number of nitrogens with zero attached hydrogens (tertiary/aromatic N) is 2. The van der Waals surface area contributed by atoms with Crippen molar-refractivity contribution in [1.82, 2.24) is 41.9 Å². The lowest BCUT2D eigenvalue weighted by Gasteiger charge is -2.34. The fourth-order valence-electron chi connectivity index (χ4n) is 9.77. The van der Waals surface area contributed by atoms with Crippen molar-refractivity contribution in [1.29, 1.82) is 0 Å². The van der Waals surface area contributed by atoms with E-state index in [1.807, 2.05) is 0 Å². The molecule has 74 heavy (non-hydrogen) atoms. The van der Waals surface area contributed by atoms with Gasteiger partial charge in [0.25, 0.3) is 0 Å². The molecule has 0 spiro atoms. The molecule has 3 aliphatic rings. The number of β-amino-alcohol motifs (C(OH)–C–C–N with tert-alkyl or cyclic N) is 1. The van der Waals surface area contributed by atoms with Crippen molar-refractivity contribution >= 4 is 47.3 Å². The molecular formula is C50H80N8O16. The van der Waals surface area contributed by atoms with Crippen LogP contribution < -0.4 is 32.1 Å². The number of phenolic OH excluding ortho intramolecular Hbond substituents is 1. The minimum Gasteiger partial charge on any atom is -0.508 e. The van der Waals surface area contributed by atoms with Crippen LogP contribution >= 0.6 is 0 Å². The van der Waals surface area contributed by atoms with Crippen molar-refractivity contribution < 1.29 is 79.3 Å². The number of benzene rings is 1. The summed E-state index contributed by atoms with van der Waals surface area (Å²) >= 11 is 0. The van der Waals surface area contributed by atoms with Gasteiger partial charge in [0.05, 0.1) is 43.0 Å². The lowest BCUT2D eigenvalue weighted by molar-refractivity contribution is -0.148.